The number of halogens is 5. The number of hydrogen-bond donors (Lipinski definition) is 2. The Balaban J connectivity index is 2.21. The van der Waals surface area contributed by atoms with Crippen LogP contribution in [0.2, 0.25) is 5.02 Å². The maximum atomic E-state index is 13.1. The van der Waals surface area contributed by atoms with Crippen LogP contribution in [0.3, 0.4) is 0 Å². The third-order valence-corrected chi connectivity index (χ3v) is 4.68. The van der Waals surface area contributed by atoms with E-state index in [4.69, 9.17) is 16.9 Å². The van der Waals surface area contributed by atoms with Crippen molar-refractivity contribution in [2.24, 2.45) is 0 Å². The number of carbonyl (C=O) groups is 2. The number of anilines is 1. The molecule has 0 unspecified atom stereocenters. The number of alkyl halides is 3. The van der Waals surface area contributed by atoms with Crippen molar-refractivity contribution in [1.82, 2.24) is 5.32 Å². The van der Waals surface area contributed by atoms with Crippen LogP contribution >= 0.6 is 27.5 Å². The summed E-state index contributed by atoms with van der Waals surface area (Å²) >= 11 is 9.24. The van der Waals surface area contributed by atoms with Crippen molar-refractivity contribution < 1.29 is 22.8 Å². The van der Waals surface area contributed by atoms with Crippen molar-refractivity contribution in [3.63, 3.8) is 0 Å². The second-order valence-electron chi connectivity index (χ2n) is 6.53. The molecule has 0 aliphatic heterocycles. The molecule has 0 atom stereocenters. The molecule has 152 valence electrons. The number of nitriles is 1. The smallest absolute Gasteiger partial charge is 0.338 e. The van der Waals surface area contributed by atoms with Gasteiger partial charge in [0.2, 0.25) is 5.91 Å². The Hall–Kier alpha value is -2.57. The molecule has 0 heterocycles. The lowest BCUT2D eigenvalue weighted by molar-refractivity contribution is -0.137. The zero-order valence-electron chi connectivity index (χ0n) is 15.1. The Labute approximate surface area is 178 Å². The lowest BCUT2D eigenvalue weighted by Crippen LogP contribution is -2.52. The van der Waals surface area contributed by atoms with Crippen molar-refractivity contribution in [2.75, 3.05) is 5.32 Å². The van der Waals surface area contributed by atoms with Gasteiger partial charge >= 0.3 is 6.18 Å². The molecule has 2 amide bonds. The third kappa shape index (κ3) is 5.49. The number of carbonyl (C=O) groups excluding carboxylic acids is 2. The van der Waals surface area contributed by atoms with Gasteiger partial charge in [-0.05, 0) is 50.2 Å². The molecule has 0 aromatic heterocycles. The van der Waals surface area contributed by atoms with Crippen LogP contribution in [-0.4, -0.2) is 17.4 Å². The second kappa shape index (κ2) is 8.43. The van der Waals surface area contributed by atoms with E-state index in [0.717, 1.165) is 6.07 Å². The lowest BCUT2D eigenvalue weighted by atomic mass is 10.0. The molecule has 0 spiro atoms. The summed E-state index contributed by atoms with van der Waals surface area (Å²) in [4.78, 5) is 25.0. The van der Waals surface area contributed by atoms with Gasteiger partial charge in [0.05, 0.1) is 27.8 Å². The minimum Gasteiger partial charge on any atom is -0.338 e. The van der Waals surface area contributed by atoms with Gasteiger partial charge in [-0.25, -0.2) is 0 Å². The SMILES string of the molecule is CC(C)(NC(=O)c1ccc(Br)cc1Cl)C(=O)Nc1ccc(C#N)c(C(F)(F)F)c1. The number of benzene rings is 2. The van der Waals surface area contributed by atoms with Gasteiger partial charge in [-0.15, -0.1) is 0 Å². The van der Waals surface area contributed by atoms with Gasteiger partial charge < -0.3 is 10.6 Å². The molecule has 29 heavy (non-hydrogen) atoms. The maximum Gasteiger partial charge on any atom is 0.417 e. The first-order valence-corrected chi connectivity index (χ1v) is 9.22. The highest BCUT2D eigenvalue weighted by molar-refractivity contribution is 9.10. The fourth-order valence-electron chi connectivity index (χ4n) is 2.32. The van der Waals surface area contributed by atoms with Gasteiger partial charge in [0.1, 0.15) is 5.54 Å². The van der Waals surface area contributed by atoms with Crippen LogP contribution in [0.1, 0.15) is 35.3 Å². The van der Waals surface area contributed by atoms with Gasteiger partial charge in [-0.3, -0.25) is 9.59 Å². The number of amides is 2. The van der Waals surface area contributed by atoms with E-state index < -0.39 is 34.7 Å². The predicted octanol–water partition coefficient (Wildman–Crippen LogP) is 5.14. The molecule has 0 saturated heterocycles. The van der Waals surface area contributed by atoms with E-state index >= 15 is 0 Å². The molecule has 0 aliphatic carbocycles. The summed E-state index contributed by atoms with van der Waals surface area (Å²) in [5.74, 6) is -1.38. The van der Waals surface area contributed by atoms with Gasteiger partial charge in [0.25, 0.3) is 5.91 Å². The zero-order chi connectivity index (χ0) is 22.0. The number of nitrogens with one attached hydrogen (secondary N) is 2. The first-order chi connectivity index (χ1) is 13.3. The zero-order valence-corrected chi connectivity index (χ0v) is 17.5. The summed E-state index contributed by atoms with van der Waals surface area (Å²) in [7, 11) is 0. The topological polar surface area (TPSA) is 82.0 Å². The molecular weight excluding hydrogens is 475 g/mol. The van der Waals surface area contributed by atoms with E-state index in [1.165, 1.54) is 38.1 Å². The van der Waals surface area contributed by atoms with Gasteiger partial charge in [0.15, 0.2) is 0 Å². The Bertz CT molecular complexity index is 1020. The number of rotatable bonds is 4. The quantitative estimate of drug-likeness (QED) is 0.625. The van der Waals surface area contributed by atoms with E-state index in [0.29, 0.717) is 10.5 Å². The second-order valence-corrected chi connectivity index (χ2v) is 7.85. The first kappa shape index (κ1) is 22.7. The van der Waals surface area contributed by atoms with Crippen LogP contribution in [-0.2, 0) is 11.0 Å². The average molecular weight is 489 g/mol. The highest BCUT2D eigenvalue weighted by Crippen LogP contribution is 2.33. The third-order valence-electron chi connectivity index (χ3n) is 3.87. The summed E-state index contributed by atoms with van der Waals surface area (Å²) < 4.78 is 39.9. The summed E-state index contributed by atoms with van der Waals surface area (Å²) in [6.45, 7) is 2.78. The van der Waals surface area contributed by atoms with E-state index in [-0.39, 0.29) is 16.3 Å². The molecule has 0 saturated carbocycles. The van der Waals surface area contributed by atoms with Crippen LogP contribution in [0.15, 0.2) is 40.9 Å². The first-order valence-electron chi connectivity index (χ1n) is 8.05. The highest BCUT2D eigenvalue weighted by Gasteiger charge is 2.35. The molecule has 2 N–H and O–H groups in total. The highest BCUT2D eigenvalue weighted by atomic mass is 79.9. The molecule has 5 nitrogen and oxygen atoms in total. The van der Waals surface area contributed by atoms with E-state index in [9.17, 15) is 22.8 Å². The standard InChI is InChI=1S/C19H14BrClF3N3O2/c1-18(2,27-16(28)13-6-4-11(20)7-15(13)21)17(29)26-12-5-3-10(9-25)14(8-12)19(22,23)24/h3-8H,1-2H3,(H,26,29)(H,27,28). The average Bonchev–Trinajstić information content (AvgIpc) is 2.60. The summed E-state index contributed by atoms with van der Waals surface area (Å²) in [5, 5.41) is 13.8. The minimum atomic E-state index is -4.76. The Kier molecular flexibility index (Phi) is 6.60. The van der Waals surface area contributed by atoms with Crippen molar-refractivity contribution >= 4 is 45.0 Å². The number of nitrogens with zero attached hydrogens (tertiary/aromatic N) is 1. The van der Waals surface area contributed by atoms with Crippen LogP contribution in [0.5, 0.6) is 0 Å². The molecule has 2 aromatic carbocycles. The van der Waals surface area contributed by atoms with Crippen molar-refractivity contribution in [3.05, 3.63) is 62.6 Å². The maximum absolute atomic E-state index is 13.1. The van der Waals surface area contributed by atoms with Crippen molar-refractivity contribution in [3.8, 4) is 6.07 Å². The van der Waals surface area contributed by atoms with E-state index in [1.807, 2.05) is 0 Å². The summed E-state index contributed by atoms with van der Waals surface area (Å²) in [6.07, 6.45) is -4.76. The van der Waals surface area contributed by atoms with E-state index in [1.54, 1.807) is 6.07 Å². The summed E-state index contributed by atoms with van der Waals surface area (Å²) in [5.41, 5.74) is -3.23. The minimum absolute atomic E-state index is 0.133. The fraction of sp³-hybridized carbons (Fsp3) is 0.211. The molecule has 0 aliphatic rings. The molecule has 2 rings (SSSR count). The molecule has 0 bridgehead atoms. The summed E-state index contributed by atoms with van der Waals surface area (Å²) in [6, 6.07) is 8.84. The molecular formula is C19H14BrClF3N3O2. The van der Waals surface area contributed by atoms with Crippen LogP contribution in [0, 0.1) is 11.3 Å². The fourth-order valence-corrected chi connectivity index (χ4v) is 3.08. The molecule has 0 fully saturated rings. The largest absolute Gasteiger partial charge is 0.417 e. The van der Waals surface area contributed by atoms with E-state index in [2.05, 4.69) is 26.6 Å². The lowest BCUT2D eigenvalue weighted by Gasteiger charge is -2.25. The Morgan fingerprint density at radius 1 is 1.14 bits per heavy atom. The molecule has 10 heteroatoms. The normalized spacial score (nSPS) is 11.5. The van der Waals surface area contributed by atoms with Crippen molar-refractivity contribution in [2.45, 2.75) is 25.6 Å². The van der Waals surface area contributed by atoms with Crippen molar-refractivity contribution in [1.29, 1.82) is 5.26 Å². The monoisotopic (exact) mass is 487 g/mol. The Morgan fingerprint density at radius 3 is 2.34 bits per heavy atom. The van der Waals surface area contributed by atoms with Crippen LogP contribution in [0.25, 0.3) is 0 Å². The van der Waals surface area contributed by atoms with Gasteiger partial charge in [0, 0.05) is 10.2 Å². The van der Waals surface area contributed by atoms with Crippen LogP contribution < -0.4 is 10.6 Å². The van der Waals surface area contributed by atoms with Gasteiger partial charge in [-0.1, -0.05) is 27.5 Å². The van der Waals surface area contributed by atoms with Crippen LogP contribution in [0.4, 0.5) is 18.9 Å². The Morgan fingerprint density at radius 2 is 1.79 bits per heavy atom. The predicted molar refractivity (Wildman–Crippen MR) is 105 cm³/mol. The molecule has 0 radical (unpaired) electrons. The number of hydrogen-bond acceptors (Lipinski definition) is 3. The van der Waals surface area contributed by atoms with Gasteiger partial charge in [-0.2, -0.15) is 18.4 Å². The molecule has 2 aromatic rings.